The lowest BCUT2D eigenvalue weighted by atomic mass is 11.0. The van der Waals surface area contributed by atoms with E-state index in [1.165, 1.54) is 0 Å². The van der Waals surface area contributed by atoms with Gasteiger partial charge in [0.15, 0.2) is 0 Å². The third kappa shape index (κ3) is 5.89. The summed E-state index contributed by atoms with van der Waals surface area (Å²) in [5.74, 6) is 2.19. The van der Waals surface area contributed by atoms with Crippen LogP contribution in [0.5, 0.6) is 0 Å². The predicted octanol–water partition coefficient (Wildman–Crippen LogP) is 1.76. The van der Waals surface area contributed by atoms with Gasteiger partial charge in [-0.2, -0.15) is 36.2 Å². The third-order valence-corrected chi connectivity index (χ3v) is 7.75. The van der Waals surface area contributed by atoms with Gasteiger partial charge in [0, 0.05) is 37.9 Å². The Labute approximate surface area is 101 Å². The van der Waals surface area contributed by atoms with E-state index < -0.39 is 8.80 Å². The summed E-state index contributed by atoms with van der Waals surface area (Å²) in [5.41, 5.74) is 0. The van der Waals surface area contributed by atoms with Crippen molar-refractivity contribution in [1.82, 2.24) is 0 Å². The first kappa shape index (κ1) is 15.1. The van der Waals surface area contributed by atoms with Gasteiger partial charge >= 0.3 is 8.80 Å². The van der Waals surface area contributed by atoms with Crippen molar-refractivity contribution in [3.8, 4) is 0 Å². The Balaban J connectivity index is 3.61. The number of thioether (sulfide) groups is 2. The van der Waals surface area contributed by atoms with E-state index in [1.54, 1.807) is 33.1 Å². The van der Waals surface area contributed by atoms with Gasteiger partial charge in [0.05, 0.1) is 5.38 Å². The molecule has 0 atom stereocenters. The Hall–Kier alpha value is 1.15. The van der Waals surface area contributed by atoms with E-state index in [0.29, 0.717) is 0 Å². The van der Waals surface area contributed by atoms with Crippen molar-refractivity contribution >= 4 is 45.0 Å². The van der Waals surface area contributed by atoms with E-state index in [1.807, 2.05) is 11.8 Å². The van der Waals surface area contributed by atoms with Crippen LogP contribution in [-0.4, -0.2) is 52.1 Å². The zero-order valence-electron chi connectivity index (χ0n) is 8.82. The normalized spacial score (nSPS) is 12.0. The summed E-state index contributed by atoms with van der Waals surface area (Å²) in [6, 6.07) is 0. The fourth-order valence-corrected chi connectivity index (χ4v) is 5.76. The number of hydrogen-bond acceptors (Lipinski definition) is 6. The van der Waals surface area contributed by atoms with Crippen LogP contribution in [0, 0.1) is 0 Å². The minimum absolute atomic E-state index is 0.809. The molecule has 0 aromatic carbocycles. The quantitative estimate of drug-likeness (QED) is 0.299. The van der Waals surface area contributed by atoms with Gasteiger partial charge < -0.3 is 13.3 Å². The SMILES string of the molecule is CO[Si](CSCCSCS)(OC)OC. The molecule has 3 nitrogen and oxygen atoms in total. The Bertz CT molecular complexity index is 127. The van der Waals surface area contributed by atoms with Gasteiger partial charge in [-0.05, 0) is 0 Å². The summed E-state index contributed by atoms with van der Waals surface area (Å²) in [5, 5.41) is 1.69. The second kappa shape index (κ2) is 9.38. The second-order valence-corrected chi connectivity index (χ2v) is 8.80. The number of rotatable bonds is 9. The molecule has 0 bridgehead atoms. The molecular weight excluding hydrogens is 256 g/mol. The third-order valence-electron chi connectivity index (χ3n) is 1.68. The van der Waals surface area contributed by atoms with E-state index in [-0.39, 0.29) is 0 Å². The minimum Gasteiger partial charge on any atom is -0.376 e. The lowest BCUT2D eigenvalue weighted by Gasteiger charge is -2.23. The van der Waals surface area contributed by atoms with E-state index in [2.05, 4.69) is 12.6 Å². The molecule has 0 N–H and O–H groups in total. The lowest BCUT2D eigenvalue weighted by molar-refractivity contribution is 0.130. The monoisotopic (exact) mass is 274 g/mol. The van der Waals surface area contributed by atoms with Crippen molar-refractivity contribution in [3.63, 3.8) is 0 Å². The summed E-state index contributed by atoms with van der Waals surface area (Å²) in [7, 11) is 2.58. The van der Waals surface area contributed by atoms with Crippen molar-refractivity contribution in [1.29, 1.82) is 0 Å². The molecule has 86 valence electrons. The molecule has 0 aliphatic carbocycles. The molecule has 0 aromatic heterocycles. The van der Waals surface area contributed by atoms with Gasteiger partial charge in [-0.3, -0.25) is 0 Å². The van der Waals surface area contributed by atoms with Crippen LogP contribution >= 0.6 is 36.2 Å². The highest BCUT2D eigenvalue weighted by atomic mass is 32.2. The second-order valence-electron chi connectivity index (χ2n) is 2.39. The molecule has 0 heterocycles. The van der Waals surface area contributed by atoms with E-state index >= 15 is 0 Å². The summed E-state index contributed by atoms with van der Waals surface area (Å²) >= 11 is 7.75. The molecule has 0 spiro atoms. The number of thiol groups is 1. The molecule has 0 saturated heterocycles. The Morgan fingerprint density at radius 1 is 1.00 bits per heavy atom. The topological polar surface area (TPSA) is 27.7 Å². The van der Waals surface area contributed by atoms with Crippen molar-refractivity contribution < 1.29 is 13.3 Å². The molecule has 0 aromatic rings. The van der Waals surface area contributed by atoms with Crippen molar-refractivity contribution in [2.24, 2.45) is 0 Å². The van der Waals surface area contributed by atoms with E-state index in [0.717, 1.165) is 22.0 Å². The standard InChI is InChI=1S/C7H18O3S3Si/c1-8-14(9-2,10-3)7-13-5-4-12-6-11/h11H,4-7H2,1-3H3. The average molecular weight is 275 g/mol. The molecule has 0 radical (unpaired) electrons. The summed E-state index contributed by atoms with van der Waals surface area (Å²) in [6.07, 6.45) is 0. The van der Waals surface area contributed by atoms with Gasteiger partial charge in [-0.25, -0.2) is 0 Å². The first-order chi connectivity index (χ1) is 6.74. The van der Waals surface area contributed by atoms with Crippen LogP contribution in [-0.2, 0) is 13.3 Å². The largest absolute Gasteiger partial charge is 0.510 e. The van der Waals surface area contributed by atoms with Crippen molar-refractivity contribution in [3.05, 3.63) is 0 Å². The van der Waals surface area contributed by atoms with Crippen LogP contribution in [0.3, 0.4) is 0 Å². The van der Waals surface area contributed by atoms with Crippen LogP contribution < -0.4 is 0 Å². The molecule has 0 aliphatic heterocycles. The smallest absolute Gasteiger partial charge is 0.376 e. The molecule has 14 heavy (non-hydrogen) atoms. The molecule has 0 rings (SSSR count). The molecular formula is C7H18O3S3Si. The highest BCUT2D eigenvalue weighted by Gasteiger charge is 2.37. The highest BCUT2D eigenvalue weighted by molar-refractivity contribution is 8.10. The zero-order valence-corrected chi connectivity index (χ0v) is 12.3. The van der Waals surface area contributed by atoms with Crippen molar-refractivity contribution in [2.45, 2.75) is 0 Å². The zero-order chi connectivity index (χ0) is 10.9. The summed E-state index contributed by atoms with van der Waals surface area (Å²) in [4.78, 5) is 0. The van der Waals surface area contributed by atoms with Crippen molar-refractivity contribution in [2.75, 3.05) is 43.3 Å². The van der Waals surface area contributed by atoms with Crippen LogP contribution in [0.25, 0.3) is 0 Å². The fourth-order valence-electron chi connectivity index (χ4n) is 0.806. The Kier molecular flexibility index (Phi) is 10.1. The van der Waals surface area contributed by atoms with Crippen LogP contribution in [0.2, 0.25) is 0 Å². The average Bonchev–Trinajstić information content (AvgIpc) is 2.24. The first-order valence-electron chi connectivity index (χ1n) is 4.16. The maximum atomic E-state index is 5.29. The van der Waals surface area contributed by atoms with Gasteiger partial charge in [0.1, 0.15) is 0 Å². The van der Waals surface area contributed by atoms with Crippen LogP contribution in [0.1, 0.15) is 0 Å². The van der Waals surface area contributed by atoms with E-state index in [9.17, 15) is 0 Å². The van der Waals surface area contributed by atoms with Gasteiger partial charge in [-0.15, -0.1) is 0 Å². The predicted molar refractivity (Wildman–Crippen MR) is 70.4 cm³/mol. The molecule has 0 unspecified atom stereocenters. The van der Waals surface area contributed by atoms with Gasteiger partial charge in [-0.1, -0.05) is 0 Å². The molecule has 7 heteroatoms. The first-order valence-corrected chi connectivity index (χ1v) is 9.04. The van der Waals surface area contributed by atoms with Crippen LogP contribution in [0.15, 0.2) is 0 Å². The highest BCUT2D eigenvalue weighted by Crippen LogP contribution is 2.15. The molecule has 0 fully saturated rings. The maximum absolute atomic E-state index is 5.29. The number of hydrogen-bond donors (Lipinski definition) is 1. The minimum atomic E-state index is -2.34. The van der Waals surface area contributed by atoms with Crippen LogP contribution in [0.4, 0.5) is 0 Å². The Morgan fingerprint density at radius 3 is 1.93 bits per heavy atom. The summed E-state index contributed by atoms with van der Waals surface area (Å²) in [6.45, 7) is 0. The lowest BCUT2D eigenvalue weighted by Crippen LogP contribution is -2.46. The van der Waals surface area contributed by atoms with Gasteiger partial charge in [0.2, 0.25) is 0 Å². The van der Waals surface area contributed by atoms with Gasteiger partial charge in [0.25, 0.3) is 0 Å². The summed E-state index contributed by atoms with van der Waals surface area (Å²) < 4.78 is 15.9. The van der Waals surface area contributed by atoms with E-state index in [4.69, 9.17) is 13.3 Å². The fraction of sp³-hybridized carbons (Fsp3) is 1.00. The maximum Gasteiger partial charge on any atom is 0.510 e. The molecule has 0 aliphatic rings. The molecule has 0 amide bonds. The molecule has 0 saturated carbocycles. The Morgan fingerprint density at radius 2 is 1.50 bits per heavy atom.